The van der Waals surface area contributed by atoms with Gasteiger partial charge in [0.2, 0.25) is 0 Å². The fourth-order valence-electron chi connectivity index (χ4n) is 2.49. The molecule has 160 valence electrons. The Kier molecular flexibility index (Phi) is 7.23. The Hall–Kier alpha value is -3.33. The van der Waals surface area contributed by atoms with Crippen LogP contribution in [0, 0.1) is 0 Å². The van der Waals surface area contributed by atoms with Gasteiger partial charge < -0.3 is 20.1 Å². The van der Waals surface area contributed by atoms with E-state index in [1.807, 2.05) is 45.0 Å². The van der Waals surface area contributed by atoms with Gasteiger partial charge in [-0.2, -0.15) is 0 Å². The predicted octanol–water partition coefficient (Wildman–Crippen LogP) is 3.48. The van der Waals surface area contributed by atoms with Crippen LogP contribution in [-0.2, 0) is 16.1 Å². The van der Waals surface area contributed by atoms with Crippen molar-refractivity contribution in [2.75, 3.05) is 0 Å². The van der Waals surface area contributed by atoms with E-state index in [1.54, 1.807) is 10.6 Å². The Morgan fingerprint density at radius 1 is 1.27 bits per heavy atom. The number of carbonyl (C=O) groups is 2. The highest BCUT2D eigenvalue weighted by Crippen LogP contribution is 2.24. The molecule has 2 aromatic heterocycles. The van der Waals surface area contributed by atoms with E-state index in [0.717, 1.165) is 18.2 Å². The van der Waals surface area contributed by atoms with Gasteiger partial charge in [0.05, 0.1) is 11.7 Å². The van der Waals surface area contributed by atoms with Gasteiger partial charge in [0.25, 0.3) is 11.5 Å². The smallest absolute Gasteiger partial charge is 0.407 e. The van der Waals surface area contributed by atoms with Gasteiger partial charge in [-0.05, 0) is 44.5 Å². The Morgan fingerprint density at radius 2 is 1.87 bits per heavy atom. The highest BCUT2D eigenvalue weighted by molar-refractivity contribution is 6.31. The fraction of sp³-hybridized carbons (Fsp3) is 0.300. The third-order valence-electron chi connectivity index (χ3n) is 3.59. The number of alkyl carbamates (subject to hydrolysis) is 1. The molecule has 0 saturated heterocycles. The van der Waals surface area contributed by atoms with Crippen molar-refractivity contribution in [1.29, 1.82) is 0 Å². The number of carboxylic acids is 1. The van der Waals surface area contributed by atoms with Gasteiger partial charge in [-0.1, -0.05) is 23.7 Å². The quantitative estimate of drug-likeness (QED) is 0.579. The number of nitrogens with zero attached hydrogens (tertiary/aromatic N) is 2. The molecule has 0 aliphatic rings. The highest BCUT2D eigenvalue weighted by atomic mass is 35.5. The molecule has 0 aliphatic carbocycles. The molecule has 3 aromatic rings. The number of aromatic amines is 1. The van der Waals surface area contributed by atoms with Crippen molar-refractivity contribution in [3.8, 4) is 5.69 Å². The van der Waals surface area contributed by atoms with Crippen LogP contribution in [0.4, 0.5) is 4.79 Å². The number of carboxylic acid groups (broad SMARTS) is 1. The third kappa shape index (κ3) is 6.35. The van der Waals surface area contributed by atoms with E-state index in [4.69, 9.17) is 26.2 Å². The lowest BCUT2D eigenvalue weighted by molar-refractivity contribution is -0.134. The summed E-state index contributed by atoms with van der Waals surface area (Å²) < 4.78 is 6.90. The molecule has 9 nitrogen and oxygen atoms in total. The topological polar surface area (TPSA) is 126 Å². The first kappa shape index (κ1) is 23.0. The largest absolute Gasteiger partial charge is 0.481 e. The van der Waals surface area contributed by atoms with Crippen molar-refractivity contribution in [2.24, 2.45) is 0 Å². The van der Waals surface area contributed by atoms with Crippen LogP contribution in [0.5, 0.6) is 0 Å². The number of hydrogen-bond acceptors (Lipinski definition) is 5. The molecule has 2 heterocycles. The van der Waals surface area contributed by atoms with Crippen molar-refractivity contribution in [1.82, 2.24) is 19.9 Å². The summed E-state index contributed by atoms with van der Waals surface area (Å²) in [6.07, 6.45) is 0.876. The number of ether oxygens (including phenoxy) is 1. The summed E-state index contributed by atoms with van der Waals surface area (Å²) in [5, 5.41) is 10.9. The zero-order valence-electron chi connectivity index (χ0n) is 17.0. The molecule has 0 saturated carbocycles. The van der Waals surface area contributed by atoms with E-state index in [1.165, 1.54) is 6.33 Å². The minimum atomic E-state index is -0.833. The predicted molar refractivity (Wildman–Crippen MR) is 113 cm³/mol. The second kappa shape index (κ2) is 9.45. The Labute approximate surface area is 177 Å². The number of benzene rings is 1. The maximum absolute atomic E-state index is 11.9. The van der Waals surface area contributed by atoms with Crippen LogP contribution < -0.4 is 10.9 Å². The van der Waals surface area contributed by atoms with Crippen LogP contribution in [0.3, 0.4) is 0 Å². The van der Waals surface area contributed by atoms with Crippen LogP contribution >= 0.6 is 11.6 Å². The molecule has 10 heteroatoms. The normalized spacial score (nSPS) is 10.8. The molecule has 0 bridgehead atoms. The average Bonchev–Trinajstić information content (AvgIpc) is 2.96. The summed E-state index contributed by atoms with van der Waals surface area (Å²) in [6.45, 7) is 6.86. The molecule has 0 fully saturated rings. The molecular formula is C20H23ClN4O5. The number of amides is 1. The fourth-order valence-corrected chi connectivity index (χ4v) is 2.78. The van der Waals surface area contributed by atoms with Crippen molar-refractivity contribution in [3.63, 3.8) is 0 Å². The molecule has 30 heavy (non-hydrogen) atoms. The van der Waals surface area contributed by atoms with Crippen LogP contribution in [0.25, 0.3) is 16.7 Å². The van der Waals surface area contributed by atoms with Gasteiger partial charge in [-0.25, -0.2) is 9.78 Å². The summed E-state index contributed by atoms with van der Waals surface area (Å²) in [4.78, 5) is 39.3. The Bertz CT molecular complexity index is 1090. The lowest BCUT2D eigenvalue weighted by Gasteiger charge is -2.19. The number of H-pyrrole nitrogens is 1. The molecule has 3 rings (SSSR count). The Morgan fingerprint density at radius 3 is 2.43 bits per heavy atom. The first-order valence-electron chi connectivity index (χ1n) is 8.98. The first-order chi connectivity index (χ1) is 14.0. The summed E-state index contributed by atoms with van der Waals surface area (Å²) in [5.74, 6) is -0.833. The first-order valence-corrected chi connectivity index (χ1v) is 9.36. The van der Waals surface area contributed by atoms with E-state index >= 15 is 0 Å². The minimum absolute atomic E-state index is 0.242. The van der Waals surface area contributed by atoms with Crippen LogP contribution in [0.1, 0.15) is 33.3 Å². The van der Waals surface area contributed by atoms with Crippen LogP contribution in [0.15, 0.2) is 41.5 Å². The maximum Gasteiger partial charge on any atom is 0.407 e. The number of aromatic nitrogens is 3. The number of nitrogens with one attached hydrogen (secondary N) is 2. The zero-order chi connectivity index (χ0) is 22.5. The molecular weight excluding hydrogens is 412 g/mol. The molecule has 0 spiro atoms. The number of fused-ring (bicyclic) bond motifs is 1. The molecule has 0 radical (unpaired) electrons. The van der Waals surface area contributed by atoms with Crippen molar-refractivity contribution < 1.29 is 19.4 Å². The summed E-state index contributed by atoms with van der Waals surface area (Å²) in [7, 11) is 0. The van der Waals surface area contributed by atoms with Gasteiger partial charge in [0.15, 0.2) is 5.65 Å². The van der Waals surface area contributed by atoms with E-state index in [-0.39, 0.29) is 5.56 Å². The van der Waals surface area contributed by atoms with Crippen LogP contribution in [-0.4, -0.2) is 37.3 Å². The van der Waals surface area contributed by atoms with Gasteiger partial charge in [0.1, 0.15) is 10.8 Å². The zero-order valence-corrected chi connectivity index (χ0v) is 17.8. The third-order valence-corrected chi connectivity index (χ3v) is 3.87. The molecule has 1 amide bonds. The standard InChI is InChI=1S/C18H19ClN4O3.C2H4O2/c1-18(2,3)26-17(25)20-9-11-4-6-12(7-5-11)23-14(19)8-13-15(23)21-10-22-16(13)24;1-2(3)4/h4-8,10H,9H2,1-3H3,(H,20,25)(H,21,22,24);1H3,(H,3,4). The number of carbonyl (C=O) groups excluding carboxylic acids is 1. The Balaban J connectivity index is 0.000000735. The monoisotopic (exact) mass is 434 g/mol. The summed E-state index contributed by atoms with van der Waals surface area (Å²) in [6, 6.07) is 9.01. The van der Waals surface area contributed by atoms with Gasteiger partial charge >= 0.3 is 6.09 Å². The van der Waals surface area contributed by atoms with Crippen LogP contribution in [0.2, 0.25) is 5.15 Å². The molecule has 0 atom stereocenters. The van der Waals surface area contributed by atoms with Gasteiger partial charge in [0, 0.05) is 19.2 Å². The van der Waals surface area contributed by atoms with Gasteiger partial charge in [-0.3, -0.25) is 14.2 Å². The summed E-state index contributed by atoms with van der Waals surface area (Å²) in [5.41, 5.74) is 1.37. The average molecular weight is 435 g/mol. The van der Waals surface area contributed by atoms with E-state index in [9.17, 15) is 9.59 Å². The molecule has 0 aliphatic heterocycles. The molecule has 0 unspecified atom stereocenters. The maximum atomic E-state index is 11.9. The van der Waals surface area contributed by atoms with Crippen molar-refractivity contribution in [3.05, 3.63) is 57.7 Å². The van der Waals surface area contributed by atoms with Crippen molar-refractivity contribution in [2.45, 2.75) is 39.8 Å². The lowest BCUT2D eigenvalue weighted by Crippen LogP contribution is -2.32. The number of hydrogen-bond donors (Lipinski definition) is 3. The van der Waals surface area contributed by atoms with E-state index < -0.39 is 17.7 Å². The number of aliphatic carboxylic acids is 1. The second-order valence-electron chi connectivity index (χ2n) is 7.31. The summed E-state index contributed by atoms with van der Waals surface area (Å²) >= 11 is 6.27. The van der Waals surface area contributed by atoms with Crippen molar-refractivity contribution >= 4 is 34.7 Å². The number of rotatable bonds is 3. The molecule has 1 aromatic carbocycles. The van der Waals surface area contributed by atoms with E-state index in [0.29, 0.717) is 22.7 Å². The lowest BCUT2D eigenvalue weighted by atomic mass is 10.2. The van der Waals surface area contributed by atoms with E-state index in [2.05, 4.69) is 15.3 Å². The van der Waals surface area contributed by atoms with Gasteiger partial charge in [-0.15, -0.1) is 0 Å². The number of halogens is 1. The molecule has 3 N–H and O–H groups in total. The second-order valence-corrected chi connectivity index (χ2v) is 7.70. The highest BCUT2D eigenvalue weighted by Gasteiger charge is 2.16. The minimum Gasteiger partial charge on any atom is -0.481 e. The SMILES string of the molecule is CC(=O)O.CC(C)(C)OC(=O)NCc1ccc(-n2c(Cl)cc3c(=O)[nH]cnc32)cc1.